The molecule has 0 atom stereocenters. The van der Waals surface area contributed by atoms with E-state index in [2.05, 4.69) is 22.4 Å². The number of amides is 1. The lowest BCUT2D eigenvalue weighted by atomic mass is 10.0. The molecule has 0 aliphatic heterocycles. The zero-order valence-corrected chi connectivity index (χ0v) is 16.2. The molecule has 1 aromatic heterocycles. The quantitative estimate of drug-likeness (QED) is 0.457. The molecule has 3 aromatic carbocycles. The molecule has 4 aromatic rings. The SMILES string of the molecule is O=C(NCCc1c[nH]c2ccc(Cl)cc12)c1ccc(Cc2ccccc2)cc1. The van der Waals surface area contributed by atoms with Crippen molar-refractivity contribution in [1.82, 2.24) is 10.3 Å². The van der Waals surface area contributed by atoms with Crippen molar-refractivity contribution in [1.29, 1.82) is 0 Å². The van der Waals surface area contributed by atoms with Gasteiger partial charge in [0, 0.05) is 34.2 Å². The van der Waals surface area contributed by atoms with Gasteiger partial charge in [0.2, 0.25) is 0 Å². The van der Waals surface area contributed by atoms with E-state index in [1.165, 1.54) is 11.1 Å². The van der Waals surface area contributed by atoms with Crippen LogP contribution in [-0.2, 0) is 12.8 Å². The lowest BCUT2D eigenvalue weighted by Gasteiger charge is -2.07. The number of halogens is 1. The maximum absolute atomic E-state index is 12.4. The molecular weight excluding hydrogens is 368 g/mol. The van der Waals surface area contributed by atoms with E-state index in [4.69, 9.17) is 11.6 Å². The van der Waals surface area contributed by atoms with Crippen LogP contribution in [0.1, 0.15) is 27.0 Å². The van der Waals surface area contributed by atoms with Gasteiger partial charge >= 0.3 is 0 Å². The molecule has 140 valence electrons. The van der Waals surface area contributed by atoms with Crippen molar-refractivity contribution in [3.05, 3.63) is 106 Å². The van der Waals surface area contributed by atoms with Crippen molar-refractivity contribution in [3.8, 4) is 0 Å². The zero-order chi connectivity index (χ0) is 19.3. The summed E-state index contributed by atoms with van der Waals surface area (Å²) in [5.41, 5.74) is 5.34. The second-order valence-electron chi connectivity index (χ2n) is 6.87. The molecule has 4 rings (SSSR count). The second-order valence-corrected chi connectivity index (χ2v) is 7.31. The van der Waals surface area contributed by atoms with Crippen LogP contribution in [0.2, 0.25) is 5.02 Å². The van der Waals surface area contributed by atoms with Crippen LogP contribution in [0.15, 0.2) is 79.0 Å². The van der Waals surface area contributed by atoms with E-state index >= 15 is 0 Å². The first kappa shape index (κ1) is 18.3. The normalized spacial score (nSPS) is 10.9. The van der Waals surface area contributed by atoms with Gasteiger partial charge in [0.1, 0.15) is 0 Å². The molecule has 0 bridgehead atoms. The fraction of sp³-hybridized carbons (Fsp3) is 0.125. The highest BCUT2D eigenvalue weighted by molar-refractivity contribution is 6.31. The van der Waals surface area contributed by atoms with E-state index in [0.717, 1.165) is 29.3 Å². The number of aromatic amines is 1. The Bertz CT molecular complexity index is 1080. The third kappa shape index (κ3) is 4.26. The smallest absolute Gasteiger partial charge is 0.251 e. The van der Waals surface area contributed by atoms with Crippen LogP contribution in [0.5, 0.6) is 0 Å². The Hall–Kier alpha value is -3.04. The summed E-state index contributed by atoms with van der Waals surface area (Å²) in [7, 11) is 0. The highest BCUT2D eigenvalue weighted by Gasteiger charge is 2.08. The van der Waals surface area contributed by atoms with Crippen molar-refractivity contribution < 1.29 is 4.79 Å². The molecule has 0 aliphatic rings. The van der Waals surface area contributed by atoms with Crippen molar-refractivity contribution in [2.45, 2.75) is 12.8 Å². The number of benzene rings is 3. The number of H-pyrrole nitrogens is 1. The molecule has 1 heterocycles. The summed E-state index contributed by atoms with van der Waals surface area (Å²) in [4.78, 5) is 15.7. The Morgan fingerprint density at radius 3 is 2.46 bits per heavy atom. The molecule has 3 nitrogen and oxygen atoms in total. The van der Waals surface area contributed by atoms with E-state index in [0.29, 0.717) is 17.1 Å². The van der Waals surface area contributed by atoms with Crippen LogP contribution >= 0.6 is 11.6 Å². The number of aromatic nitrogens is 1. The zero-order valence-electron chi connectivity index (χ0n) is 15.4. The summed E-state index contributed by atoms with van der Waals surface area (Å²) in [6.07, 6.45) is 3.59. The standard InChI is InChI=1S/C24H21ClN2O/c25-21-10-11-23-22(15-21)20(16-27-23)12-13-26-24(28)19-8-6-18(7-9-19)14-17-4-2-1-3-5-17/h1-11,15-16,27H,12-14H2,(H,26,28). The van der Waals surface area contributed by atoms with E-state index < -0.39 is 0 Å². The highest BCUT2D eigenvalue weighted by atomic mass is 35.5. The number of rotatable bonds is 6. The first-order chi connectivity index (χ1) is 13.7. The topological polar surface area (TPSA) is 44.9 Å². The third-order valence-electron chi connectivity index (χ3n) is 4.88. The summed E-state index contributed by atoms with van der Waals surface area (Å²) in [6.45, 7) is 0.573. The molecule has 0 unspecified atom stereocenters. The predicted molar refractivity (Wildman–Crippen MR) is 115 cm³/mol. The van der Waals surface area contributed by atoms with Crippen LogP contribution in [-0.4, -0.2) is 17.4 Å². The summed E-state index contributed by atoms with van der Waals surface area (Å²) in [5.74, 6) is -0.0517. The van der Waals surface area contributed by atoms with Crippen molar-refractivity contribution in [2.24, 2.45) is 0 Å². The summed E-state index contributed by atoms with van der Waals surface area (Å²) >= 11 is 6.09. The Balaban J connectivity index is 1.34. The van der Waals surface area contributed by atoms with Crippen molar-refractivity contribution >= 4 is 28.4 Å². The maximum atomic E-state index is 12.4. The minimum Gasteiger partial charge on any atom is -0.361 e. The molecule has 4 heteroatoms. The molecule has 28 heavy (non-hydrogen) atoms. The molecule has 0 saturated heterocycles. The van der Waals surface area contributed by atoms with Gasteiger partial charge in [0.05, 0.1) is 0 Å². The van der Waals surface area contributed by atoms with Gasteiger partial charge in [0.25, 0.3) is 5.91 Å². The first-order valence-electron chi connectivity index (χ1n) is 9.35. The minimum absolute atomic E-state index is 0.0517. The molecule has 0 spiro atoms. The van der Waals surface area contributed by atoms with E-state index in [-0.39, 0.29) is 5.91 Å². The minimum atomic E-state index is -0.0517. The van der Waals surface area contributed by atoms with Crippen LogP contribution in [0, 0.1) is 0 Å². The number of carbonyl (C=O) groups is 1. The lowest BCUT2D eigenvalue weighted by Crippen LogP contribution is -2.25. The molecule has 2 N–H and O–H groups in total. The Morgan fingerprint density at radius 1 is 0.929 bits per heavy atom. The summed E-state index contributed by atoms with van der Waals surface area (Å²) in [6, 6.07) is 23.9. The number of hydrogen-bond acceptors (Lipinski definition) is 1. The van der Waals surface area contributed by atoms with Gasteiger partial charge in [-0.25, -0.2) is 0 Å². The van der Waals surface area contributed by atoms with Crippen molar-refractivity contribution in [3.63, 3.8) is 0 Å². The molecule has 0 radical (unpaired) electrons. The third-order valence-corrected chi connectivity index (χ3v) is 5.11. The number of fused-ring (bicyclic) bond motifs is 1. The second kappa shape index (κ2) is 8.32. The van der Waals surface area contributed by atoms with E-state index in [1.807, 2.05) is 66.9 Å². The van der Waals surface area contributed by atoms with Gasteiger partial charge in [-0.05, 0) is 59.9 Å². The predicted octanol–water partition coefficient (Wildman–Crippen LogP) is 5.38. The fourth-order valence-electron chi connectivity index (χ4n) is 3.38. The van der Waals surface area contributed by atoms with Crippen LogP contribution in [0.3, 0.4) is 0 Å². The van der Waals surface area contributed by atoms with Gasteiger partial charge in [-0.2, -0.15) is 0 Å². The van der Waals surface area contributed by atoms with Gasteiger partial charge in [-0.3, -0.25) is 4.79 Å². The maximum Gasteiger partial charge on any atom is 0.251 e. The van der Waals surface area contributed by atoms with E-state index in [9.17, 15) is 4.79 Å². The Kier molecular flexibility index (Phi) is 5.45. The first-order valence-corrected chi connectivity index (χ1v) is 9.73. The monoisotopic (exact) mass is 388 g/mol. The fourth-order valence-corrected chi connectivity index (χ4v) is 3.55. The number of hydrogen-bond donors (Lipinski definition) is 2. The van der Waals surface area contributed by atoms with E-state index in [1.54, 1.807) is 0 Å². The van der Waals surface area contributed by atoms with Crippen molar-refractivity contribution in [2.75, 3.05) is 6.54 Å². The summed E-state index contributed by atoms with van der Waals surface area (Å²) in [5, 5.41) is 4.82. The lowest BCUT2D eigenvalue weighted by molar-refractivity contribution is 0.0954. The molecule has 0 aliphatic carbocycles. The Morgan fingerprint density at radius 2 is 1.68 bits per heavy atom. The van der Waals surface area contributed by atoms with Crippen LogP contribution < -0.4 is 5.32 Å². The van der Waals surface area contributed by atoms with Gasteiger partial charge in [-0.15, -0.1) is 0 Å². The molecule has 1 amide bonds. The van der Waals surface area contributed by atoms with Gasteiger partial charge in [-0.1, -0.05) is 54.1 Å². The average Bonchev–Trinajstić information content (AvgIpc) is 3.11. The molecule has 0 saturated carbocycles. The van der Waals surface area contributed by atoms with Gasteiger partial charge < -0.3 is 10.3 Å². The molecule has 0 fully saturated rings. The average molecular weight is 389 g/mol. The van der Waals surface area contributed by atoms with Crippen LogP contribution in [0.25, 0.3) is 10.9 Å². The summed E-state index contributed by atoms with van der Waals surface area (Å²) < 4.78 is 0. The Labute approximate surface area is 169 Å². The molecular formula is C24H21ClN2O. The largest absolute Gasteiger partial charge is 0.361 e. The van der Waals surface area contributed by atoms with Gasteiger partial charge in [0.15, 0.2) is 0 Å². The number of nitrogens with one attached hydrogen (secondary N) is 2. The number of carbonyl (C=O) groups excluding carboxylic acids is 1. The van der Waals surface area contributed by atoms with Crippen LogP contribution in [0.4, 0.5) is 0 Å². The highest BCUT2D eigenvalue weighted by Crippen LogP contribution is 2.22.